The third-order valence-corrected chi connectivity index (χ3v) is 5.01. The SMILES string of the molecule is C#Cc1ccc([C@@H]2C=C(C(=O)NC3CC3)O[C@H](OCC)[C@H]2CCCO)cc1. The quantitative estimate of drug-likeness (QED) is 0.692. The topological polar surface area (TPSA) is 67.8 Å². The minimum Gasteiger partial charge on any atom is -0.459 e. The Hall–Kier alpha value is -2.29. The summed E-state index contributed by atoms with van der Waals surface area (Å²) < 4.78 is 11.8. The molecule has 3 rings (SSSR count). The predicted octanol–water partition coefficient (Wildman–Crippen LogP) is 2.70. The van der Waals surface area contributed by atoms with Crippen LogP contribution in [-0.2, 0) is 14.3 Å². The molecule has 0 spiro atoms. The normalized spacial score (nSPS) is 24.5. The van der Waals surface area contributed by atoms with Crippen LogP contribution in [0.5, 0.6) is 0 Å². The van der Waals surface area contributed by atoms with E-state index >= 15 is 0 Å². The van der Waals surface area contributed by atoms with E-state index in [1.165, 1.54) is 0 Å². The summed E-state index contributed by atoms with van der Waals surface area (Å²) in [7, 11) is 0. The lowest BCUT2D eigenvalue weighted by Crippen LogP contribution is -2.39. The molecule has 2 N–H and O–H groups in total. The Kier molecular flexibility index (Phi) is 6.54. The van der Waals surface area contributed by atoms with Crippen LogP contribution in [0.3, 0.4) is 0 Å². The number of terminal acetylenes is 1. The van der Waals surface area contributed by atoms with Gasteiger partial charge in [-0.25, -0.2) is 0 Å². The first-order valence-electron chi connectivity index (χ1n) is 9.64. The molecule has 2 aliphatic rings. The third kappa shape index (κ3) is 4.91. The average Bonchev–Trinajstić information content (AvgIpc) is 3.50. The lowest BCUT2D eigenvalue weighted by atomic mass is 9.80. The molecule has 3 atom stereocenters. The summed E-state index contributed by atoms with van der Waals surface area (Å²) in [5.41, 5.74) is 1.87. The standard InChI is InChI=1S/C22H27NO4/c1-3-15-7-9-16(10-8-15)19-14-20(21(25)23-17-11-12-17)27-22(26-4-2)18(19)6-5-13-24/h1,7-10,14,17-19,22,24H,4-6,11-13H2,2H3,(H,23,25)/t18-,19-,22-/m0/s1. The van der Waals surface area contributed by atoms with Crippen LogP contribution in [0.15, 0.2) is 36.1 Å². The second kappa shape index (κ2) is 9.07. The summed E-state index contributed by atoms with van der Waals surface area (Å²) >= 11 is 0. The highest BCUT2D eigenvalue weighted by atomic mass is 16.7. The molecule has 0 unspecified atom stereocenters. The van der Waals surface area contributed by atoms with Crippen LogP contribution in [-0.4, -0.2) is 36.6 Å². The molecular formula is C22H27NO4. The van der Waals surface area contributed by atoms with Crippen molar-refractivity contribution in [1.82, 2.24) is 5.32 Å². The summed E-state index contributed by atoms with van der Waals surface area (Å²) in [6, 6.07) is 8.05. The maximum atomic E-state index is 12.6. The van der Waals surface area contributed by atoms with E-state index in [0.717, 1.165) is 30.4 Å². The van der Waals surface area contributed by atoms with Crippen LogP contribution >= 0.6 is 0 Å². The van der Waals surface area contributed by atoms with Gasteiger partial charge < -0.3 is 19.9 Å². The molecule has 5 nitrogen and oxygen atoms in total. The van der Waals surface area contributed by atoms with Gasteiger partial charge in [0.05, 0.1) is 0 Å². The zero-order chi connectivity index (χ0) is 19.2. The van der Waals surface area contributed by atoms with Gasteiger partial charge in [0.1, 0.15) is 0 Å². The first kappa shape index (κ1) is 19.5. The molecule has 1 saturated carbocycles. The largest absolute Gasteiger partial charge is 0.459 e. The zero-order valence-electron chi connectivity index (χ0n) is 15.7. The molecule has 1 heterocycles. The molecule has 0 saturated heterocycles. The number of allylic oxidation sites excluding steroid dienone is 1. The molecule has 144 valence electrons. The van der Waals surface area contributed by atoms with Gasteiger partial charge in [0.15, 0.2) is 5.76 Å². The van der Waals surface area contributed by atoms with Crippen molar-refractivity contribution in [2.24, 2.45) is 5.92 Å². The molecule has 1 fully saturated rings. The number of hydrogen-bond donors (Lipinski definition) is 2. The Balaban J connectivity index is 1.91. The third-order valence-electron chi connectivity index (χ3n) is 5.01. The zero-order valence-corrected chi connectivity index (χ0v) is 15.7. The minimum atomic E-state index is -0.524. The van der Waals surface area contributed by atoms with Crippen LogP contribution in [0, 0.1) is 18.3 Å². The van der Waals surface area contributed by atoms with Crippen molar-refractivity contribution in [3.8, 4) is 12.3 Å². The van der Waals surface area contributed by atoms with Gasteiger partial charge in [-0.15, -0.1) is 6.42 Å². The van der Waals surface area contributed by atoms with E-state index in [9.17, 15) is 9.90 Å². The fourth-order valence-electron chi connectivity index (χ4n) is 3.43. The van der Waals surface area contributed by atoms with Crippen LogP contribution in [0.1, 0.15) is 49.7 Å². The molecule has 0 bridgehead atoms. The van der Waals surface area contributed by atoms with Gasteiger partial charge in [0.2, 0.25) is 6.29 Å². The Morgan fingerprint density at radius 3 is 2.70 bits per heavy atom. The van der Waals surface area contributed by atoms with E-state index in [0.29, 0.717) is 18.8 Å². The van der Waals surface area contributed by atoms with Gasteiger partial charge in [-0.3, -0.25) is 4.79 Å². The van der Waals surface area contributed by atoms with E-state index < -0.39 is 6.29 Å². The van der Waals surface area contributed by atoms with Crippen molar-refractivity contribution in [2.45, 2.75) is 50.9 Å². The number of rotatable bonds is 8. The monoisotopic (exact) mass is 369 g/mol. The Labute approximate surface area is 160 Å². The fraction of sp³-hybridized carbons (Fsp3) is 0.500. The number of nitrogens with one attached hydrogen (secondary N) is 1. The maximum Gasteiger partial charge on any atom is 0.286 e. The fourth-order valence-corrected chi connectivity index (χ4v) is 3.43. The van der Waals surface area contributed by atoms with E-state index in [4.69, 9.17) is 15.9 Å². The van der Waals surface area contributed by atoms with E-state index in [2.05, 4.69) is 11.2 Å². The molecule has 1 aliphatic carbocycles. The molecule has 5 heteroatoms. The van der Waals surface area contributed by atoms with Gasteiger partial charge in [0, 0.05) is 36.7 Å². The van der Waals surface area contributed by atoms with Gasteiger partial charge >= 0.3 is 0 Å². The maximum absolute atomic E-state index is 12.6. The second-order valence-electron chi connectivity index (χ2n) is 7.04. The van der Waals surface area contributed by atoms with Crippen molar-refractivity contribution in [1.29, 1.82) is 0 Å². The van der Waals surface area contributed by atoms with Crippen molar-refractivity contribution >= 4 is 5.91 Å². The van der Waals surface area contributed by atoms with Crippen molar-refractivity contribution in [2.75, 3.05) is 13.2 Å². The Morgan fingerprint density at radius 1 is 1.37 bits per heavy atom. The molecule has 0 aromatic heterocycles. The Morgan fingerprint density at radius 2 is 2.11 bits per heavy atom. The molecular weight excluding hydrogens is 342 g/mol. The van der Waals surface area contributed by atoms with Crippen LogP contribution in [0.2, 0.25) is 0 Å². The van der Waals surface area contributed by atoms with Crippen LogP contribution < -0.4 is 5.32 Å². The molecule has 1 aromatic carbocycles. The summed E-state index contributed by atoms with van der Waals surface area (Å²) in [5.74, 6) is 2.71. The van der Waals surface area contributed by atoms with Crippen LogP contribution in [0.4, 0.5) is 0 Å². The predicted molar refractivity (Wildman–Crippen MR) is 103 cm³/mol. The second-order valence-corrected chi connectivity index (χ2v) is 7.04. The molecule has 1 aromatic rings. The molecule has 1 aliphatic heterocycles. The molecule has 27 heavy (non-hydrogen) atoms. The number of ether oxygens (including phenoxy) is 2. The molecule has 0 radical (unpaired) electrons. The highest BCUT2D eigenvalue weighted by Crippen LogP contribution is 2.39. The van der Waals surface area contributed by atoms with Crippen molar-refractivity contribution < 1.29 is 19.4 Å². The summed E-state index contributed by atoms with van der Waals surface area (Å²) in [6.45, 7) is 2.50. The highest BCUT2D eigenvalue weighted by Gasteiger charge is 2.38. The van der Waals surface area contributed by atoms with Gasteiger partial charge in [-0.2, -0.15) is 0 Å². The lowest BCUT2D eigenvalue weighted by molar-refractivity contribution is -0.166. The number of carbonyl (C=O) groups is 1. The van der Waals surface area contributed by atoms with E-state index in [1.807, 2.05) is 37.3 Å². The average molecular weight is 369 g/mol. The van der Waals surface area contributed by atoms with Crippen molar-refractivity contribution in [3.05, 3.63) is 47.2 Å². The lowest BCUT2D eigenvalue weighted by Gasteiger charge is -2.37. The number of carbonyl (C=O) groups excluding carboxylic acids is 1. The summed E-state index contributed by atoms with van der Waals surface area (Å²) in [6.07, 6.45) is 10.2. The summed E-state index contributed by atoms with van der Waals surface area (Å²) in [5, 5.41) is 12.3. The smallest absolute Gasteiger partial charge is 0.286 e. The number of hydrogen-bond acceptors (Lipinski definition) is 4. The van der Waals surface area contributed by atoms with Crippen molar-refractivity contribution in [3.63, 3.8) is 0 Å². The number of aliphatic hydroxyl groups excluding tert-OH is 1. The number of aliphatic hydroxyl groups is 1. The van der Waals surface area contributed by atoms with Gasteiger partial charge in [0.25, 0.3) is 5.91 Å². The highest BCUT2D eigenvalue weighted by molar-refractivity contribution is 5.92. The first-order chi connectivity index (χ1) is 13.2. The van der Waals surface area contributed by atoms with Crippen LogP contribution in [0.25, 0.3) is 0 Å². The van der Waals surface area contributed by atoms with E-state index in [1.54, 1.807) is 0 Å². The minimum absolute atomic E-state index is 0.00580. The number of benzene rings is 1. The van der Waals surface area contributed by atoms with Gasteiger partial charge in [-0.1, -0.05) is 18.1 Å². The Bertz CT molecular complexity index is 715. The summed E-state index contributed by atoms with van der Waals surface area (Å²) in [4.78, 5) is 12.6. The first-order valence-corrected chi connectivity index (χ1v) is 9.64. The van der Waals surface area contributed by atoms with Gasteiger partial charge in [-0.05, 0) is 56.4 Å². The van der Waals surface area contributed by atoms with E-state index in [-0.39, 0.29) is 30.4 Å². The number of amides is 1. The molecule has 1 amide bonds.